The highest BCUT2D eigenvalue weighted by Crippen LogP contribution is 2.50. The topological polar surface area (TPSA) is 87.0 Å². The van der Waals surface area contributed by atoms with Crippen molar-refractivity contribution in [1.29, 1.82) is 0 Å². The van der Waals surface area contributed by atoms with Crippen LogP contribution < -0.4 is 4.74 Å². The lowest BCUT2D eigenvalue weighted by Crippen LogP contribution is -2.27. The number of hydrogen-bond donors (Lipinski definition) is 3. The third-order valence-electron chi connectivity index (χ3n) is 7.04. The van der Waals surface area contributed by atoms with Crippen molar-refractivity contribution >= 4 is 17.7 Å². The van der Waals surface area contributed by atoms with Crippen LogP contribution in [0.25, 0.3) is 0 Å². The van der Waals surface area contributed by atoms with Crippen molar-refractivity contribution in [1.82, 2.24) is 0 Å². The van der Waals surface area contributed by atoms with Crippen molar-refractivity contribution in [3.8, 4) is 5.75 Å². The maximum absolute atomic E-state index is 12.8. The molecule has 1 saturated heterocycles. The number of carboxylic acids is 1. The summed E-state index contributed by atoms with van der Waals surface area (Å²) in [6.07, 6.45) is 3.07. The quantitative estimate of drug-likeness (QED) is 0.335. The summed E-state index contributed by atoms with van der Waals surface area (Å²) in [4.78, 5) is 11.4. The molecule has 196 valence electrons. The summed E-state index contributed by atoms with van der Waals surface area (Å²) in [7, 11) is 0. The first kappa shape index (κ1) is 27.9. The number of aliphatic hydroxyl groups excluding tert-OH is 2. The van der Waals surface area contributed by atoms with Gasteiger partial charge in [-0.15, -0.1) is 0 Å². The number of rotatable bonds is 11. The van der Waals surface area contributed by atoms with Crippen molar-refractivity contribution in [3.05, 3.63) is 42.0 Å². The van der Waals surface area contributed by atoms with E-state index in [9.17, 15) is 33.3 Å². The maximum atomic E-state index is 12.8. The van der Waals surface area contributed by atoms with E-state index in [-0.39, 0.29) is 30.1 Å². The molecular formula is C26H35F3O5S. The number of carbonyl (C=O) groups is 1. The molecule has 0 aromatic heterocycles. The Morgan fingerprint density at radius 3 is 2.74 bits per heavy atom. The number of aliphatic carboxylic acids is 1. The molecule has 2 fully saturated rings. The Kier molecular flexibility index (Phi) is 9.95. The Labute approximate surface area is 208 Å². The monoisotopic (exact) mass is 516 g/mol. The third-order valence-corrected chi connectivity index (χ3v) is 8.79. The molecule has 9 heteroatoms. The van der Waals surface area contributed by atoms with Gasteiger partial charge in [-0.1, -0.05) is 31.6 Å². The molecule has 1 aromatic rings. The fourth-order valence-corrected chi connectivity index (χ4v) is 7.06. The molecule has 7 atom stereocenters. The van der Waals surface area contributed by atoms with Crippen molar-refractivity contribution in [2.24, 2.45) is 17.8 Å². The predicted molar refractivity (Wildman–Crippen MR) is 129 cm³/mol. The zero-order valence-corrected chi connectivity index (χ0v) is 20.7. The van der Waals surface area contributed by atoms with Gasteiger partial charge in [-0.3, -0.25) is 4.79 Å². The number of aliphatic hydroxyl groups is 2. The second-order valence-corrected chi connectivity index (χ2v) is 11.2. The molecule has 0 bridgehead atoms. The summed E-state index contributed by atoms with van der Waals surface area (Å²) in [5.41, 5.74) is -0.808. The van der Waals surface area contributed by atoms with Crippen LogP contribution in [-0.4, -0.2) is 50.6 Å². The van der Waals surface area contributed by atoms with Crippen LogP contribution in [0, 0.1) is 17.8 Å². The molecule has 1 heterocycles. The smallest absolute Gasteiger partial charge is 0.416 e. The van der Waals surface area contributed by atoms with Crippen LogP contribution >= 0.6 is 11.8 Å². The van der Waals surface area contributed by atoms with Gasteiger partial charge in [-0.2, -0.15) is 24.9 Å². The highest BCUT2D eigenvalue weighted by atomic mass is 32.2. The first-order valence-electron chi connectivity index (χ1n) is 12.3. The van der Waals surface area contributed by atoms with E-state index in [2.05, 4.69) is 0 Å². The van der Waals surface area contributed by atoms with Gasteiger partial charge in [0.2, 0.25) is 0 Å². The largest absolute Gasteiger partial charge is 0.491 e. The summed E-state index contributed by atoms with van der Waals surface area (Å²) in [6.45, 7) is 1.81. The first-order valence-corrected chi connectivity index (χ1v) is 13.3. The van der Waals surface area contributed by atoms with E-state index in [0.717, 1.165) is 37.8 Å². The van der Waals surface area contributed by atoms with Crippen LogP contribution in [0.1, 0.15) is 57.4 Å². The second kappa shape index (κ2) is 12.5. The van der Waals surface area contributed by atoms with Gasteiger partial charge in [0, 0.05) is 16.4 Å². The number of alkyl halides is 3. The zero-order valence-electron chi connectivity index (χ0n) is 19.9. The van der Waals surface area contributed by atoms with Gasteiger partial charge in [-0.25, -0.2) is 0 Å². The van der Waals surface area contributed by atoms with Gasteiger partial charge in [-0.05, 0) is 62.6 Å². The van der Waals surface area contributed by atoms with Gasteiger partial charge in [0.1, 0.15) is 18.5 Å². The molecule has 0 spiro atoms. The Hall–Kier alpha value is -1.71. The van der Waals surface area contributed by atoms with Gasteiger partial charge >= 0.3 is 12.1 Å². The number of thioether (sulfide) groups is 1. The second-order valence-electron chi connectivity index (χ2n) is 9.61. The Balaban J connectivity index is 1.48. The molecule has 1 unspecified atom stereocenters. The molecule has 5 nitrogen and oxygen atoms in total. The molecule has 1 aliphatic heterocycles. The number of carboxylic acid groups (broad SMARTS) is 1. The minimum Gasteiger partial charge on any atom is -0.491 e. The number of ether oxygens (including phenoxy) is 1. The van der Waals surface area contributed by atoms with E-state index < -0.39 is 29.9 Å². The molecule has 1 saturated carbocycles. The van der Waals surface area contributed by atoms with Crippen LogP contribution in [0.3, 0.4) is 0 Å². The fourth-order valence-electron chi connectivity index (χ4n) is 5.20. The van der Waals surface area contributed by atoms with E-state index in [1.165, 1.54) is 12.1 Å². The van der Waals surface area contributed by atoms with Gasteiger partial charge in [0.25, 0.3) is 0 Å². The molecule has 3 N–H and O–H groups in total. The summed E-state index contributed by atoms with van der Waals surface area (Å²) in [5, 5.41) is 31.0. The number of hydrogen-bond acceptors (Lipinski definition) is 5. The van der Waals surface area contributed by atoms with Gasteiger partial charge in [0.05, 0.1) is 17.6 Å². The number of halogens is 3. The Morgan fingerprint density at radius 1 is 1.29 bits per heavy atom. The molecule has 3 rings (SSSR count). The normalized spacial score (nSPS) is 28.6. The minimum atomic E-state index is -4.46. The van der Waals surface area contributed by atoms with E-state index in [1.807, 2.05) is 24.8 Å². The summed E-state index contributed by atoms with van der Waals surface area (Å²) < 4.78 is 43.8. The van der Waals surface area contributed by atoms with Crippen molar-refractivity contribution in [2.45, 2.75) is 80.8 Å². The SMILES string of the molecule is CCCC(CC[C@H]1CC[C@@H]2[C@@H](C=C[C@@H](O)COc3cccc(C(F)(F)F)c3)[C@H](O)C[C@@H]2S1)C(=O)O. The molecule has 0 amide bonds. The van der Waals surface area contributed by atoms with Crippen LogP contribution in [0.2, 0.25) is 0 Å². The highest BCUT2D eigenvalue weighted by molar-refractivity contribution is 8.00. The lowest BCUT2D eigenvalue weighted by Gasteiger charge is -2.33. The number of benzene rings is 1. The number of fused-ring (bicyclic) bond motifs is 1. The van der Waals surface area contributed by atoms with E-state index in [1.54, 1.807) is 6.08 Å². The zero-order chi connectivity index (χ0) is 25.6. The van der Waals surface area contributed by atoms with Gasteiger partial charge < -0.3 is 20.1 Å². The van der Waals surface area contributed by atoms with Crippen LogP contribution in [-0.2, 0) is 11.0 Å². The molecule has 1 aliphatic carbocycles. The fraction of sp³-hybridized carbons (Fsp3) is 0.654. The minimum absolute atomic E-state index is 0.0343. The van der Waals surface area contributed by atoms with Crippen LogP contribution in [0.15, 0.2) is 36.4 Å². The predicted octanol–water partition coefficient (Wildman–Crippen LogP) is 5.54. The Bertz CT molecular complexity index is 862. The maximum Gasteiger partial charge on any atom is 0.416 e. The molecule has 2 aliphatic rings. The highest BCUT2D eigenvalue weighted by Gasteiger charge is 2.44. The molecular weight excluding hydrogens is 481 g/mol. The average Bonchev–Trinajstić information content (AvgIpc) is 3.12. The summed E-state index contributed by atoms with van der Waals surface area (Å²) >= 11 is 1.86. The van der Waals surface area contributed by atoms with E-state index in [0.29, 0.717) is 29.8 Å². The third kappa shape index (κ3) is 7.89. The first-order chi connectivity index (χ1) is 16.6. The van der Waals surface area contributed by atoms with Gasteiger partial charge in [0.15, 0.2) is 0 Å². The van der Waals surface area contributed by atoms with Crippen molar-refractivity contribution in [3.63, 3.8) is 0 Å². The Morgan fingerprint density at radius 2 is 2.06 bits per heavy atom. The van der Waals surface area contributed by atoms with E-state index in [4.69, 9.17) is 4.74 Å². The average molecular weight is 517 g/mol. The summed E-state index contributed by atoms with van der Waals surface area (Å²) in [5.74, 6) is -0.786. The lowest BCUT2D eigenvalue weighted by molar-refractivity contribution is -0.142. The van der Waals surface area contributed by atoms with E-state index >= 15 is 0 Å². The summed E-state index contributed by atoms with van der Waals surface area (Å²) in [6, 6.07) is 4.53. The molecule has 0 radical (unpaired) electrons. The lowest BCUT2D eigenvalue weighted by atomic mass is 9.87. The van der Waals surface area contributed by atoms with Crippen LogP contribution in [0.5, 0.6) is 5.75 Å². The standard InChI is InChI=1S/C26H35F3O5S/c1-2-4-16(25(32)33)7-9-20-10-12-22-21(23(31)14-24(22)35-20)11-8-18(30)15-34-19-6-3-5-17(13-19)26(27,28)29/h3,5-6,8,11,13,16,18,20-24,30-31H,2,4,7,9-10,12,14-15H2,1H3,(H,32,33)/t16?,18-,20+,21-,22-,23-,24+/m1/s1. The molecule has 35 heavy (non-hydrogen) atoms. The van der Waals surface area contributed by atoms with Crippen molar-refractivity contribution in [2.75, 3.05) is 6.61 Å². The molecule has 1 aromatic carbocycles. The van der Waals surface area contributed by atoms with Crippen LogP contribution in [0.4, 0.5) is 13.2 Å². The van der Waals surface area contributed by atoms with Crippen molar-refractivity contribution < 1.29 is 38.0 Å².